The van der Waals surface area contributed by atoms with E-state index in [1.54, 1.807) is 0 Å². The summed E-state index contributed by atoms with van der Waals surface area (Å²) in [5, 5.41) is 11.4. The van der Waals surface area contributed by atoms with Crippen LogP contribution in [0.4, 0.5) is 0 Å². The third-order valence-corrected chi connectivity index (χ3v) is 2.41. The number of carbonyl (C=O) groups is 1. The molecule has 1 N–H and O–H groups in total. The molecule has 0 atom stereocenters. The highest BCUT2D eigenvalue weighted by Crippen LogP contribution is 2.23. The van der Waals surface area contributed by atoms with Crippen molar-refractivity contribution in [2.45, 2.75) is 0 Å². The first-order valence-corrected chi connectivity index (χ1v) is 4.25. The second kappa shape index (κ2) is 2.67. The van der Waals surface area contributed by atoms with Crippen molar-refractivity contribution in [3.63, 3.8) is 0 Å². The van der Waals surface area contributed by atoms with E-state index < -0.39 is 5.97 Å². The van der Waals surface area contributed by atoms with Gasteiger partial charge in [-0.3, -0.25) is 0 Å². The summed E-state index contributed by atoms with van der Waals surface area (Å²) in [6.45, 7) is 0.414. The third-order valence-electron chi connectivity index (χ3n) is 1.61. The van der Waals surface area contributed by atoms with Gasteiger partial charge in [0.15, 0.2) is 5.17 Å². The Kier molecular flexibility index (Phi) is 1.65. The van der Waals surface area contributed by atoms with Gasteiger partial charge < -0.3 is 10.0 Å². The summed E-state index contributed by atoms with van der Waals surface area (Å²) in [6.07, 6.45) is 3.24. The van der Waals surface area contributed by atoms with Gasteiger partial charge >= 0.3 is 5.97 Å². The van der Waals surface area contributed by atoms with Gasteiger partial charge in [0, 0.05) is 12.4 Å². The number of carboxylic acids is 1. The first-order chi connectivity index (χ1) is 5.77. The molecule has 0 unspecified atom stereocenters. The number of carboxylic acid groups (broad SMARTS) is 1. The maximum atomic E-state index is 10.5. The maximum absolute atomic E-state index is 10.5. The molecule has 2 heterocycles. The molecule has 0 saturated heterocycles. The van der Waals surface area contributed by atoms with Crippen LogP contribution in [-0.4, -0.2) is 27.7 Å². The molecule has 5 heteroatoms. The Labute approximate surface area is 73.3 Å². The van der Waals surface area contributed by atoms with Crippen LogP contribution >= 0.6 is 11.8 Å². The molecule has 2 rings (SSSR count). The van der Waals surface area contributed by atoms with Gasteiger partial charge in [0.25, 0.3) is 0 Å². The van der Waals surface area contributed by atoms with Crippen LogP contribution in [-0.2, 0) is 4.79 Å². The van der Waals surface area contributed by atoms with E-state index >= 15 is 0 Å². The van der Waals surface area contributed by atoms with Crippen molar-refractivity contribution in [3.8, 4) is 0 Å². The van der Waals surface area contributed by atoms with E-state index in [-0.39, 0.29) is 0 Å². The number of aliphatic carboxylic acids is 1. The average Bonchev–Trinajstić information content (AvgIpc) is 2.49. The number of amidine groups is 1. The fourth-order valence-corrected chi connectivity index (χ4v) is 1.71. The van der Waals surface area contributed by atoms with Gasteiger partial charge in [0.2, 0.25) is 0 Å². The molecule has 12 heavy (non-hydrogen) atoms. The fraction of sp³-hybridized carbons (Fsp3) is 0.143. The fourth-order valence-electron chi connectivity index (χ4n) is 1.00. The van der Waals surface area contributed by atoms with Gasteiger partial charge in [-0.05, 0) is 5.41 Å². The standard InChI is InChI=1S/C7H6N2O2S/c10-6(11)5-3-8-7-9(4-5)1-2-12-7/h1-3H,4H2,(H,10,11). The summed E-state index contributed by atoms with van der Waals surface area (Å²) in [5.74, 6) is -0.900. The Morgan fingerprint density at radius 1 is 1.75 bits per heavy atom. The third kappa shape index (κ3) is 1.12. The predicted octanol–water partition coefficient (Wildman–Crippen LogP) is 0.845. The first kappa shape index (κ1) is 7.42. The maximum Gasteiger partial charge on any atom is 0.334 e. The number of hydrogen-bond acceptors (Lipinski definition) is 4. The van der Waals surface area contributed by atoms with Crippen LogP contribution < -0.4 is 0 Å². The Balaban J connectivity index is 2.25. The lowest BCUT2D eigenvalue weighted by Crippen LogP contribution is -2.27. The second-order valence-corrected chi connectivity index (χ2v) is 3.28. The SMILES string of the molecule is O=C(O)C1=CN=C2SC=CN2C1. The van der Waals surface area contributed by atoms with Gasteiger partial charge in [-0.25, -0.2) is 9.79 Å². The van der Waals surface area contributed by atoms with E-state index in [9.17, 15) is 4.79 Å². The van der Waals surface area contributed by atoms with Crippen molar-refractivity contribution in [2.24, 2.45) is 4.99 Å². The summed E-state index contributed by atoms with van der Waals surface area (Å²) >= 11 is 1.50. The van der Waals surface area contributed by atoms with E-state index in [1.807, 2.05) is 16.5 Å². The molecule has 0 aliphatic carbocycles. The van der Waals surface area contributed by atoms with Crippen LogP contribution in [0.2, 0.25) is 0 Å². The van der Waals surface area contributed by atoms with Crippen LogP contribution in [0.25, 0.3) is 0 Å². The molecule has 0 fully saturated rings. The number of aliphatic imine (C=N–C) groups is 1. The van der Waals surface area contributed by atoms with Crippen LogP contribution in [0.1, 0.15) is 0 Å². The first-order valence-electron chi connectivity index (χ1n) is 3.37. The summed E-state index contributed by atoms with van der Waals surface area (Å²) in [7, 11) is 0. The lowest BCUT2D eigenvalue weighted by Gasteiger charge is -2.18. The van der Waals surface area contributed by atoms with Crippen molar-refractivity contribution in [2.75, 3.05) is 6.54 Å². The Hall–Kier alpha value is -1.23. The minimum absolute atomic E-state index is 0.325. The van der Waals surface area contributed by atoms with Crippen LogP contribution in [0.15, 0.2) is 28.4 Å². The van der Waals surface area contributed by atoms with Gasteiger partial charge in [-0.15, -0.1) is 0 Å². The quantitative estimate of drug-likeness (QED) is 0.653. The van der Waals surface area contributed by atoms with Gasteiger partial charge in [-0.2, -0.15) is 0 Å². The summed E-state index contributed by atoms with van der Waals surface area (Å²) < 4.78 is 0. The Morgan fingerprint density at radius 2 is 2.58 bits per heavy atom. The van der Waals surface area contributed by atoms with Gasteiger partial charge in [-0.1, -0.05) is 11.8 Å². The van der Waals surface area contributed by atoms with Gasteiger partial charge in [0.05, 0.1) is 12.1 Å². The molecule has 2 aliphatic heterocycles. The molecular weight excluding hydrogens is 176 g/mol. The van der Waals surface area contributed by atoms with E-state index in [1.165, 1.54) is 18.0 Å². The minimum Gasteiger partial charge on any atom is -0.478 e. The van der Waals surface area contributed by atoms with Crippen LogP contribution in [0, 0.1) is 0 Å². The highest BCUT2D eigenvalue weighted by atomic mass is 32.2. The highest BCUT2D eigenvalue weighted by Gasteiger charge is 2.21. The number of hydrogen-bond donors (Lipinski definition) is 1. The minimum atomic E-state index is -0.900. The predicted molar refractivity (Wildman–Crippen MR) is 46.6 cm³/mol. The molecule has 0 aromatic heterocycles. The molecule has 0 radical (unpaired) electrons. The molecular formula is C7H6N2O2S. The molecule has 0 amide bonds. The van der Waals surface area contributed by atoms with Crippen LogP contribution in [0.3, 0.4) is 0 Å². The molecule has 62 valence electrons. The normalized spacial score (nSPS) is 20.2. The van der Waals surface area contributed by atoms with E-state index in [4.69, 9.17) is 5.11 Å². The Morgan fingerprint density at radius 3 is 3.33 bits per heavy atom. The topological polar surface area (TPSA) is 52.9 Å². The zero-order chi connectivity index (χ0) is 8.55. The Bertz CT molecular complexity index is 319. The molecule has 4 nitrogen and oxygen atoms in total. The summed E-state index contributed by atoms with van der Waals surface area (Å²) in [5.41, 5.74) is 0.325. The monoisotopic (exact) mass is 182 g/mol. The van der Waals surface area contributed by atoms with Crippen molar-refractivity contribution < 1.29 is 9.90 Å². The van der Waals surface area contributed by atoms with Gasteiger partial charge in [0.1, 0.15) is 0 Å². The molecule has 2 aliphatic rings. The number of nitrogens with zero attached hydrogens (tertiary/aromatic N) is 2. The van der Waals surface area contributed by atoms with Crippen molar-refractivity contribution in [3.05, 3.63) is 23.4 Å². The van der Waals surface area contributed by atoms with Crippen molar-refractivity contribution in [1.29, 1.82) is 0 Å². The summed E-state index contributed by atoms with van der Waals surface area (Å²) in [6, 6.07) is 0. The molecule has 0 saturated carbocycles. The highest BCUT2D eigenvalue weighted by molar-refractivity contribution is 8.16. The molecule has 0 aromatic carbocycles. The van der Waals surface area contributed by atoms with Crippen molar-refractivity contribution in [1.82, 2.24) is 4.90 Å². The zero-order valence-corrected chi connectivity index (χ0v) is 6.91. The average molecular weight is 182 g/mol. The van der Waals surface area contributed by atoms with E-state index in [2.05, 4.69) is 4.99 Å². The van der Waals surface area contributed by atoms with E-state index in [0.29, 0.717) is 12.1 Å². The molecule has 0 aromatic rings. The number of rotatable bonds is 1. The number of thioether (sulfide) groups is 1. The largest absolute Gasteiger partial charge is 0.478 e. The zero-order valence-electron chi connectivity index (χ0n) is 6.10. The summed E-state index contributed by atoms with van der Waals surface area (Å²) in [4.78, 5) is 16.4. The van der Waals surface area contributed by atoms with E-state index in [0.717, 1.165) is 5.17 Å². The lowest BCUT2D eigenvalue weighted by molar-refractivity contribution is -0.132. The smallest absolute Gasteiger partial charge is 0.334 e. The molecule has 0 spiro atoms. The lowest BCUT2D eigenvalue weighted by atomic mass is 10.2. The second-order valence-electron chi connectivity index (χ2n) is 2.40. The van der Waals surface area contributed by atoms with Crippen molar-refractivity contribution >= 4 is 22.9 Å². The molecule has 0 bridgehead atoms. The number of fused-ring (bicyclic) bond motifs is 1. The van der Waals surface area contributed by atoms with Crippen LogP contribution in [0.5, 0.6) is 0 Å².